The van der Waals surface area contributed by atoms with E-state index in [0.29, 0.717) is 37.7 Å². The van der Waals surface area contributed by atoms with Crippen LogP contribution in [-0.2, 0) is 9.59 Å². The summed E-state index contributed by atoms with van der Waals surface area (Å²) in [7, 11) is 0. The zero-order chi connectivity index (χ0) is 21.1. The van der Waals surface area contributed by atoms with Gasteiger partial charge in [-0.2, -0.15) is 0 Å². The van der Waals surface area contributed by atoms with Gasteiger partial charge in [0, 0.05) is 32.2 Å². The van der Waals surface area contributed by atoms with Crippen LogP contribution in [0.4, 0.5) is 14.5 Å². The molecule has 30 heavy (non-hydrogen) atoms. The van der Waals surface area contributed by atoms with E-state index in [0.717, 1.165) is 12.1 Å². The minimum absolute atomic E-state index is 0.0509. The molecule has 1 saturated heterocycles. The van der Waals surface area contributed by atoms with Crippen molar-refractivity contribution in [3.63, 3.8) is 0 Å². The van der Waals surface area contributed by atoms with E-state index in [1.54, 1.807) is 17.0 Å². The van der Waals surface area contributed by atoms with Crippen LogP contribution in [0.25, 0.3) is 0 Å². The lowest BCUT2D eigenvalue weighted by atomic mass is 10.2. The Labute approximate surface area is 172 Å². The number of hydrogen-bond acceptors (Lipinski definition) is 5. The third-order valence-electron chi connectivity index (χ3n) is 5.04. The van der Waals surface area contributed by atoms with Crippen LogP contribution in [0.5, 0.6) is 11.5 Å². The highest BCUT2D eigenvalue weighted by Gasteiger charge is 2.32. The summed E-state index contributed by atoms with van der Waals surface area (Å²) in [6.45, 7) is 2.08. The summed E-state index contributed by atoms with van der Waals surface area (Å²) in [4.78, 5) is 28.5. The third kappa shape index (κ3) is 4.51. The van der Waals surface area contributed by atoms with E-state index in [2.05, 4.69) is 5.32 Å². The second-order valence-corrected chi connectivity index (χ2v) is 7.14. The Balaban J connectivity index is 1.25. The van der Waals surface area contributed by atoms with Gasteiger partial charge in [-0.25, -0.2) is 8.78 Å². The number of piperazine rings is 1. The maximum atomic E-state index is 13.7. The second kappa shape index (κ2) is 8.66. The molecule has 1 N–H and O–H groups in total. The highest BCUT2D eigenvalue weighted by molar-refractivity contribution is 5.92. The number of para-hydroxylation sites is 2. The van der Waals surface area contributed by atoms with Crippen LogP contribution >= 0.6 is 0 Å². The van der Waals surface area contributed by atoms with Gasteiger partial charge in [-0.3, -0.25) is 14.5 Å². The number of ether oxygens (including phenoxy) is 2. The fourth-order valence-corrected chi connectivity index (χ4v) is 3.45. The number of carbonyl (C=O) groups excluding carboxylic acids is 2. The lowest BCUT2D eigenvalue weighted by molar-refractivity contribution is -0.143. The van der Waals surface area contributed by atoms with Crippen molar-refractivity contribution >= 4 is 17.5 Å². The van der Waals surface area contributed by atoms with Crippen molar-refractivity contribution in [2.75, 3.05) is 44.6 Å². The average Bonchev–Trinajstić information content (AvgIpc) is 2.75. The molecule has 2 aromatic carbocycles. The maximum Gasteiger partial charge on any atom is 0.267 e. The number of benzene rings is 2. The lowest BCUT2D eigenvalue weighted by Gasteiger charge is -2.36. The summed E-state index contributed by atoms with van der Waals surface area (Å²) in [5.74, 6) is -0.916. The fraction of sp³-hybridized carbons (Fsp3) is 0.333. The predicted molar refractivity (Wildman–Crippen MR) is 104 cm³/mol. The van der Waals surface area contributed by atoms with Gasteiger partial charge in [0.05, 0.1) is 12.2 Å². The molecular formula is C21H21F2N3O4. The van der Waals surface area contributed by atoms with Gasteiger partial charge in [0.1, 0.15) is 18.2 Å². The summed E-state index contributed by atoms with van der Waals surface area (Å²) in [6.07, 6.45) is -0.698. The molecule has 2 aliphatic heterocycles. The third-order valence-corrected chi connectivity index (χ3v) is 5.04. The second-order valence-electron chi connectivity index (χ2n) is 7.14. The Hall–Kier alpha value is -3.20. The quantitative estimate of drug-likeness (QED) is 0.823. The summed E-state index contributed by atoms with van der Waals surface area (Å²) in [6, 6.07) is 10.2. The zero-order valence-corrected chi connectivity index (χ0v) is 16.1. The molecule has 2 heterocycles. The van der Waals surface area contributed by atoms with E-state index in [9.17, 15) is 18.4 Å². The molecule has 0 radical (unpaired) electrons. The minimum atomic E-state index is -0.824. The first-order chi connectivity index (χ1) is 14.5. The van der Waals surface area contributed by atoms with Crippen LogP contribution in [0, 0.1) is 11.6 Å². The van der Waals surface area contributed by atoms with Crippen molar-refractivity contribution in [3.8, 4) is 11.5 Å². The predicted octanol–water partition coefficient (Wildman–Crippen LogP) is 1.89. The Bertz CT molecular complexity index is 948. The number of fused-ring (bicyclic) bond motifs is 1. The molecule has 0 aliphatic carbocycles. The first-order valence-electron chi connectivity index (χ1n) is 9.64. The summed E-state index contributed by atoms with van der Waals surface area (Å²) in [5, 5.41) is 2.44. The van der Waals surface area contributed by atoms with E-state index in [1.807, 2.05) is 17.0 Å². The molecule has 9 heteroatoms. The normalized spacial score (nSPS) is 18.7. The number of anilines is 1. The molecule has 2 aromatic rings. The molecule has 1 atom stereocenters. The van der Waals surface area contributed by atoms with Crippen LogP contribution in [0.15, 0.2) is 42.5 Å². The van der Waals surface area contributed by atoms with Gasteiger partial charge < -0.3 is 19.7 Å². The van der Waals surface area contributed by atoms with Crippen molar-refractivity contribution in [1.29, 1.82) is 0 Å². The van der Waals surface area contributed by atoms with Crippen molar-refractivity contribution in [3.05, 3.63) is 54.1 Å². The van der Waals surface area contributed by atoms with Gasteiger partial charge in [0.15, 0.2) is 11.5 Å². The molecule has 7 nitrogen and oxygen atoms in total. The topological polar surface area (TPSA) is 71.1 Å². The Kier molecular flexibility index (Phi) is 5.80. The monoisotopic (exact) mass is 417 g/mol. The Morgan fingerprint density at radius 3 is 2.50 bits per heavy atom. The smallest absolute Gasteiger partial charge is 0.267 e. The van der Waals surface area contributed by atoms with Crippen molar-refractivity contribution in [1.82, 2.24) is 9.80 Å². The van der Waals surface area contributed by atoms with Crippen molar-refractivity contribution < 1.29 is 27.8 Å². The number of halogens is 2. The first kappa shape index (κ1) is 20.1. The largest absolute Gasteiger partial charge is 0.485 e. The molecule has 0 aromatic heterocycles. The van der Waals surface area contributed by atoms with Crippen LogP contribution in [0.3, 0.4) is 0 Å². The van der Waals surface area contributed by atoms with E-state index in [4.69, 9.17) is 9.47 Å². The van der Waals surface area contributed by atoms with Gasteiger partial charge >= 0.3 is 0 Å². The first-order valence-corrected chi connectivity index (χ1v) is 9.64. The summed E-state index contributed by atoms with van der Waals surface area (Å²) >= 11 is 0. The highest BCUT2D eigenvalue weighted by Crippen LogP contribution is 2.31. The molecule has 2 aliphatic rings. The molecule has 0 unspecified atom stereocenters. The highest BCUT2D eigenvalue weighted by atomic mass is 19.1. The van der Waals surface area contributed by atoms with Crippen LogP contribution in [-0.4, -0.2) is 67.0 Å². The number of nitrogens with one attached hydrogen (secondary N) is 1. The number of carbonyl (C=O) groups is 2. The molecule has 1 fully saturated rings. The molecule has 0 spiro atoms. The van der Waals surface area contributed by atoms with Crippen LogP contribution < -0.4 is 14.8 Å². The maximum absolute atomic E-state index is 13.7. The van der Waals surface area contributed by atoms with Gasteiger partial charge in [-0.1, -0.05) is 12.1 Å². The molecule has 0 bridgehead atoms. The number of rotatable bonds is 4. The van der Waals surface area contributed by atoms with E-state index < -0.39 is 23.6 Å². The Morgan fingerprint density at radius 1 is 1.03 bits per heavy atom. The summed E-state index contributed by atoms with van der Waals surface area (Å²) < 4.78 is 38.0. The zero-order valence-electron chi connectivity index (χ0n) is 16.1. The Morgan fingerprint density at radius 2 is 1.77 bits per heavy atom. The number of amides is 2. The average molecular weight is 417 g/mol. The lowest BCUT2D eigenvalue weighted by Crippen LogP contribution is -2.54. The van der Waals surface area contributed by atoms with Gasteiger partial charge in [0.25, 0.3) is 5.91 Å². The molecule has 4 rings (SSSR count). The van der Waals surface area contributed by atoms with E-state index in [1.165, 1.54) is 6.07 Å². The number of nitrogens with zero attached hydrogens (tertiary/aromatic N) is 2. The number of hydrogen-bond donors (Lipinski definition) is 1. The van der Waals surface area contributed by atoms with Crippen LogP contribution in [0.1, 0.15) is 0 Å². The SMILES string of the molecule is O=C(CN1CCN(C(=O)[C@@H]2COc3ccccc3O2)CC1)Nc1ccc(F)cc1F. The van der Waals surface area contributed by atoms with Gasteiger partial charge in [0.2, 0.25) is 12.0 Å². The molecule has 158 valence electrons. The fourth-order valence-electron chi connectivity index (χ4n) is 3.45. The van der Waals surface area contributed by atoms with Gasteiger partial charge in [-0.15, -0.1) is 0 Å². The standard InChI is InChI=1S/C21H21F2N3O4/c22-14-5-6-16(15(23)11-14)24-20(27)12-25-7-9-26(10-8-25)21(28)19-13-29-17-3-1-2-4-18(17)30-19/h1-6,11,19H,7-10,12-13H2,(H,24,27)/t19-/m0/s1. The van der Waals surface area contributed by atoms with Gasteiger partial charge in [-0.05, 0) is 24.3 Å². The van der Waals surface area contributed by atoms with E-state index in [-0.39, 0.29) is 24.7 Å². The van der Waals surface area contributed by atoms with E-state index >= 15 is 0 Å². The summed E-state index contributed by atoms with van der Waals surface area (Å²) in [5.41, 5.74) is -0.0649. The molecule has 0 saturated carbocycles. The minimum Gasteiger partial charge on any atom is -0.485 e. The van der Waals surface area contributed by atoms with Crippen molar-refractivity contribution in [2.45, 2.75) is 6.10 Å². The van der Waals surface area contributed by atoms with Crippen LogP contribution in [0.2, 0.25) is 0 Å². The molecular weight excluding hydrogens is 396 g/mol. The van der Waals surface area contributed by atoms with Crippen molar-refractivity contribution in [2.24, 2.45) is 0 Å². The molecule has 2 amide bonds.